The first-order valence-corrected chi connectivity index (χ1v) is 6.49. The first kappa shape index (κ1) is 11.7. The summed E-state index contributed by atoms with van der Waals surface area (Å²) in [6.45, 7) is 0. The average Bonchev–Trinajstić information content (AvgIpc) is 2.92. The second kappa shape index (κ2) is 4.69. The Kier molecular flexibility index (Phi) is 2.88. The number of rotatable bonds is 3. The van der Waals surface area contributed by atoms with Crippen LogP contribution < -0.4 is 10.9 Å². The van der Waals surface area contributed by atoms with Crippen molar-refractivity contribution in [2.75, 3.05) is 5.32 Å². The van der Waals surface area contributed by atoms with Crippen molar-refractivity contribution in [1.82, 2.24) is 14.4 Å². The monoisotopic (exact) mass is 274 g/mol. The highest BCUT2D eigenvalue weighted by Gasteiger charge is 2.09. The molecule has 0 spiro atoms. The molecule has 3 aromatic rings. The summed E-state index contributed by atoms with van der Waals surface area (Å²) >= 11 is 1.51. The van der Waals surface area contributed by atoms with Crippen molar-refractivity contribution in [3.05, 3.63) is 52.2 Å². The van der Waals surface area contributed by atoms with Crippen LogP contribution in [-0.4, -0.2) is 20.3 Å². The number of hydrogen-bond donors (Lipinski definition) is 2. The van der Waals surface area contributed by atoms with Gasteiger partial charge in [-0.25, -0.2) is 4.98 Å². The van der Waals surface area contributed by atoms with E-state index in [-0.39, 0.29) is 23.6 Å². The summed E-state index contributed by atoms with van der Waals surface area (Å²) in [4.78, 5) is 30.9. The van der Waals surface area contributed by atoms with Gasteiger partial charge >= 0.3 is 0 Å². The predicted molar refractivity (Wildman–Crippen MR) is 72.5 cm³/mol. The van der Waals surface area contributed by atoms with Crippen molar-refractivity contribution in [3.8, 4) is 0 Å². The van der Waals surface area contributed by atoms with Gasteiger partial charge in [0.25, 0.3) is 5.56 Å². The summed E-state index contributed by atoms with van der Waals surface area (Å²) in [6.07, 6.45) is 5.35. The Labute approximate surface area is 111 Å². The first-order chi connectivity index (χ1) is 9.22. The number of thiazole rings is 1. The van der Waals surface area contributed by atoms with Crippen LogP contribution in [0.4, 0.5) is 5.69 Å². The highest BCUT2D eigenvalue weighted by Crippen LogP contribution is 2.12. The Bertz CT molecular complexity index is 757. The fourth-order valence-electron chi connectivity index (χ4n) is 1.74. The van der Waals surface area contributed by atoms with Crippen LogP contribution in [0, 0.1) is 0 Å². The number of pyridine rings is 1. The summed E-state index contributed by atoms with van der Waals surface area (Å²) in [6, 6.07) is 3.21. The van der Waals surface area contributed by atoms with Gasteiger partial charge in [-0.15, -0.1) is 11.3 Å². The molecule has 0 aliphatic heterocycles. The van der Waals surface area contributed by atoms with Gasteiger partial charge < -0.3 is 10.3 Å². The summed E-state index contributed by atoms with van der Waals surface area (Å²) < 4.78 is 1.86. The number of anilines is 1. The number of carbonyl (C=O) groups excluding carboxylic acids is 1. The van der Waals surface area contributed by atoms with Crippen LogP contribution in [0.15, 0.2) is 40.9 Å². The number of aromatic amines is 1. The normalized spacial score (nSPS) is 10.7. The lowest BCUT2D eigenvalue weighted by Gasteiger charge is -2.01. The molecule has 0 aliphatic rings. The van der Waals surface area contributed by atoms with Gasteiger partial charge in [0.05, 0.1) is 12.1 Å². The van der Waals surface area contributed by atoms with Gasteiger partial charge in [0.1, 0.15) is 5.69 Å². The number of nitrogens with one attached hydrogen (secondary N) is 2. The van der Waals surface area contributed by atoms with Crippen LogP contribution in [0.3, 0.4) is 0 Å². The SMILES string of the molecule is O=C(Cc1cn2ccsc2n1)Nc1ccc[nH]c1=O. The fourth-order valence-corrected chi connectivity index (χ4v) is 2.46. The zero-order valence-corrected chi connectivity index (χ0v) is 10.6. The molecule has 1 amide bonds. The van der Waals surface area contributed by atoms with Crippen molar-refractivity contribution >= 4 is 27.9 Å². The number of imidazole rings is 1. The van der Waals surface area contributed by atoms with Crippen molar-refractivity contribution in [2.45, 2.75) is 6.42 Å². The molecule has 3 rings (SSSR count). The maximum Gasteiger partial charge on any atom is 0.271 e. The van der Waals surface area contributed by atoms with Gasteiger partial charge in [0.2, 0.25) is 5.91 Å². The lowest BCUT2D eigenvalue weighted by Crippen LogP contribution is -2.20. The third-order valence-electron chi connectivity index (χ3n) is 2.58. The van der Waals surface area contributed by atoms with E-state index in [4.69, 9.17) is 0 Å². The second-order valence-corrected chi connectivity index (χ2v) is 4.84. The molecule has 0 atom stereocenters. The molecule has 0 saturated carbocycles. The topological polar surface area (TPSA) is 79.3 Å². The maximum atomic E-state index is 11.8. The Hall–Kier alpha value is -2.41. The zero-order chi connectivity index (χ0) is 13.2. The van der Waals surface area contributed by atoms with Gasteiger partial charge in [-0.05, 0) is 12.1 Å². The highest BCUT2D eigenvalue weighted by atomic mass is 32.1. The molecule has 6 nitrogen and oxygen atoms in total. The Morgan fingerprint density at radius 1 is 1.53 bits per heavy atom. The Morgan fingerprint density at radius 2 is 2.42 bits per heavy atom. The van der Waals surface area contributed by atoms with E-state index >= 15 is 0 Å². The standard InChI is InChI=1S/C12H10N4O2S/c17-10(15-9-2-1-3-13-11(9)18)6-8-7-16-4-5-19-12(16)14-8/h1-5,7H,6H2,(H,13,18)(H,15,17). The molecular formula is C12H10N4O2S. The van der Waals surface area contributed by atoms with Crippen LogP contribution in [0.2, 0.25) is 0 Å². The summed E-state index contributed by atoms with van der Waals surface area (Å²) in [5, 5.41) is 4.49. The molecule has 2 N–H and O–H groups in total. The number of aromatic nitrogens is 3. The third kappa shape index (κ3) is 2.41. The number of fused-ring (bicyclic) bond motifs is 1. The van der Waals surface area contributed by atoms with E-state index in [0.29, 0.717) is 5.69 Å². The summed E-state index contributed by atoms with van der Waals surface area (Å²) in [5.41, 5.74) is 0.604. The lowest BCUT2D eigenvalue weighted by molar-refractivity contribution is -0.115. The number of nitrogens with zero attached hydrogens (tertiary/aromatic N) is 2. The fraction of sp³-hybridized carbons (Fsp3) is 0.0833. The Morgan fingerprint density at radius 3 is 3.21 bits per heavy atom. The van der Waals surface area contributed by atoms with Crippen LogP contribution in [-0.2, 0) is 11.2 Å². The molecular weight excluding hydrogens is 264 g/mol. The van der Waals surface area contributed by atoms with E-state index in [0.717, 1.165) is 4.96 Å². The molecule has 0 aromatic carbocycles. The lowest BCUT2D eigenvalue weighted by atomic mass is 10.3. The maximum absolute atomic E-state index is 11.8. The first-order valence-electron chi connectivity index (χ1n) is 5.61. The van der Waals surface area contributed by atoms with Crippen molar-refractivity contribution < 1.29 is 4.79 Å². The number of carbonyl (C=O) groups is 1. The van der Waals surface area contributed by atoms with Crippen LogP contribution in [0.25, 0.3) is 4.96 Å². The van der Waals surface area contributed by atoms with E-state index in [2.05, 4.69) is 15.3 Å². The number of hydrogen-bond acceptors (Lipinski definition) is 4. The van der Waals surface area contributed by atoms with Gasteiger partial charge in [0.15, 0.2) is 4.96 Å². The van der Waals surface area contributed by atoms with E-state index in [1.807, 2.05) is 16.0 Å². The minimum atomic E-state index is -0.318. The molecule has 0 aliphatic carbocycles. The highest BCUT2D eigenvalue weighted by molar-refractivity contribution is 7.15. The molecule has 0 fully saturated rings. The minimum absolute atomic E-state index is 0.142. The van der Waals surface area contributed by atoms with Crippen LogP contribution >= 0.6 is 11.3 Å². The molecule has 96 valence electrons. The predicted octanol–water partition coefficient (Wildman–Crippen LogP) is 1.27. The molecule has 3 heterocycles. The largest absolute Gasteiger partial charge is 0.327 e. The van der Waals surface area contributed by atoms with Crippen molar-refractivity contribution in [1.29, 1.82) is 0 Å². The van der Waals surface area contributed by atoms with Gasteiger partial charge in [0, 0.05) is 24.0 Å². The Balaban J connectivity index is 1.73. The molecule has 3 aromatic heterocycles. The quantitative estimate of drug-likeness (QED) is 0.754. The van der Waals surface area contributed by atoms with E-state index < -0.39 is 0 Å². The van der Waals surface area contributed by atoms with Crippen LogP contribution in [0.1, 0.15) is 5.69 Å². The van der Waals surface area contributed by atoms with Gasteiger partial charge in [-0.3, -0.25) is 14.0 Å². The molecule has 19 heavy (non-hydrogen) atoms. The van der Waals surface area contributed by atoms with E-state index in [9.17, 15) is 9.59 Å². The minimum Gasteiger partial charge on any atom is -0.327 e. The van der Waals surface area contributed by atoms with Gasteiger partial charge in [-0.2, -0.15) is 0 Å². The average molecular weight is 274 g/mol. The third-order valence-corrected chi connectivity index (χ3v) is 3.35. The van der Waals surface area contributed by atoms with E-state index in [1.54, 1.807) is 18.3 Å². The smallest absolute Gasteiger partial charge is 0.271 e. The number of H-pyrrole nitrogens is 1. The van der Waals surface area contributed by atoms with E-state index in [1.165, 1.54) is 17.5 Å². The molecule has 0 radical (unpaired) electrons. The van der Waals surface area contributed by atoms with Gasteiger partial charge in [-0.1, -0.05) is 0 Å². The second-order valence-electron chi connectivity index (χ2n) is 3.96. The zero-order valence-electron chi connectivity index (χ0n) is 9.79. The van der Waals surface area contributed by atoms with Crippen molar-refractivity contribution in [2.24, 2.45) is 0 Å². The molecule has 0 unspecified atom stereocenters. The molecule has 0 bridgehead atoms. The number of amides is 1. The van der Waals surface area contributed by atoms with Crippen LogP contribution in [0.5, 0.6) is 0 Å². The summed E-state index contributed by atoms with van der Waals surface area (Å²) in [5.74, 6) is -0.262. The molecule has 0 saturated heterocycles. The molecule has 7 heteroatoms. The van der Waals surface area contributed by atoms with Crippen molar-refractivity contribution in [3.63, 3.8) is 0 Å². The summed E-state index contributed by atoms with van der Waals surface area (Å²) in [7, 11) is 0.